The topological polar surface area (TPSA) is 235 Å². The monoisotopic (exact) mass is 785 g/mol. The van der Waals surface area contributed by atoms with E-state index >= 15 is 0 Å². The van der Waals surface area contributed by atoms with Crippen LogP contribution in [-0.4, -0.2) is 119 Å². The van der Waals surface area contributed by atoms with Crippen LogP contribution in [0.2, 0.25) is 0 Å². The van der Waals surface area contributed by atoms with E-state index < -0.39 is 84.4 Å². The molecule has 3 rings (SSSR count). The highest BCUT2D eigenvalue weighted by atomic mass is 16.4. The predicted molar refractivity (Wildman–Crippen MR) is 209 cm³/mol. The number of rotatable bonds is 21. The largest absolute Gasteiger partial charge is 0.480 e. The third kappa shape index (κ3) is 13.0. The summed E-state index contributed by atoms with van der Waals surface area (Å²) < 4.78 is 0. The maximum absolute atomic E-state index is 14.1. The Bertz CT molecular complexity index is 1500. The first kappa shape index (κ1) is 45.8. The second-order valence-corrected chi connectivity index (χ2v) is 15.6. The number of aliphatic hydroxyl groups is 1. The fourth-order valence-electron chi connectivity index (χ4n) is 7.05. The Balaban J connectivity index is 1.81. The van der Waals surface area contributed by atoms with Gasteiger partial charge in [-0.25, -0.2) is 4.79 Å². The van der Waals surface area contributed by atoms with Crippen LogP contribution >= 0.6 is 0 Å². The zero-order valence-corrected chi connectivity index (χ0v) is 33.6. The smallest absolute Gasteiger partial charge is 0.326 e. The number of carboxylic acid groups (broad SMARTS) is 1. The van der Waals surface area contributed by atoms with Crippen molar-refractivity contribution in [2.24, 2.45) is 17.8 Å². The number of nitrogens with one attached hydrogen (secondary N) is 6. The molecule has 0 aromatic heterocycles. The lowest BCUT2D eigenvalue weighted by atomic mass is 9.95. The Hall–Kier alpha value is -4.57. The molecule has 1 aromatic carbocycles. The van der Waals surface area contributed by atoms with Gasteiger partial charge in [-0.2, -0.15) is 0 Å². The van der Waals surface area contributed by atoms with Gasteiger partial charge in [0.05, 0.1) is 12.6 Å². The van der Waals surface area contributed by atoms with E-state index in [1.165, 1.54) is 4.90 Å². The first-order valence-corrected chi connectivity index (χ1v) is 20.0. The molecule has 1 aromatic rings. The van der Waals surface area contributed by atoms with Gasteiger partial charge < -0.3 is 47.0 Å². The van der Waals surface area contributed by atoms with E-state index in [9.17, 15) is 43.8 Å². The number of hydrogen-bond acceptors (Lipinski definition) is 9. The number of hydrogen-bond donors (Lipinski definition) is 8. The summed E-state index contributed by atoms with van der Waals surface area (Å²) in [6, 6.07) is 1.61. The van der Waals surface area contributed by atoms with Gasteiger partial charge in [-0.05, 0) is 62.0 Å². The molecule has 2 heterocycles. The molecule has 2 fully saturated rings. The molecule has 6 amide bonds. The number of aliphatic carboxylic acids is 1. The highest BCUT2D eigenvalue weighted by Crippen LogP contribution is 2.20. The Labute approximate surface area is 330 Å². The third-order valence-corrected chi connectivity index (χ3v) is 10.8. The molecule has 0 saturated carbocycles. The standard InChI is InChI=1S/C40H63N7O9/c1-7-24(5)32(45-36(51)28(20-23(3)4)42-34(49)27-16-12-18-41-27)38(53)43-29(21-26-14-10-9-11-15-26)35(50)44-30(22-48)39(54)47-19-13-17-31(47)37(52)46-33(40(55)56)25(6)8-2/h9-11,14-15,23-25,27-33,41,48H,7-8,12-13,16-22H2,1-6H3,(H,42,49)(H,43,53)(H,44,50)(H,45,51)(H,46,52)(H,55,56). The molecule has 0 radical (unpaired) electrons. The van der Waals surface area contributed by atoms with Gasteiger partial charge in [0.15, 0.2) is 0 Å². The zero-order chi connectivity index (χ0) is 41.5. The summed E-state index contributed by atoms with van der Waals surface area (Å²) in [5, 5.41) is 36.7. The second kappa shape index (κ2) is 22.2. The number of aliphatic hydroxyl groups excluding tert-OH is 1. The lowest BCUT2D eigenvalue weighted by Crippen LogP contribution is -2.61. The van der Waals surface area contributed by atoms with Gasteiger partial charge in [0.1, 0.15) is 36.3 Å². The number of nitrogens with zero attached hydrogens (tertiary/aromatic N) is 1. The molecule has 56 heavy (non-hydrogen) atoms. The maximum Gasteiger partial charge on any atom is 0.326 e. The summed E-state index contributed by atoms with van der Waals surface area (Å²) >= 11 is 0. The quantitative estimate of drug-likeness (QED) is 0.0865. The predicted octanol–water partition coefficient (Wildman–Crippen LogP) is 0.611. The van der Waals surface area contributed by atoms with E-state index in [2.05, 4.69) is 31.9 Å². The van der Waals surface area contributed by atoms with Crippen LogP contribution in [-0.2, 0) is 40.0 Å². The van der Waals surface area contributed by atoms with Crippen molar-refractivity contribution < 1.29 is 43.8 Å². The lowest BCUT2D eigenvalue weighted by Gasteiger charge is -2.31. The number of amides is 6. The molecule has 0 aliphatic carbocycles. The van der Waals surface area contributed by atoms with Crippen molar-refractivity contribution in [3.05, 3.63) is 35.9 Å². The van der Waals surface area contributed by atoms with Crippen molar-refractivity contribution in [3.8, 4) is 0 Å². The molecule has 312 valence electrons. The molecule has 9 unspecified atom stereocenters. The molecular weight excluding hydrogens is 722 g/mol. The van der Waals surface area contributed by atoms with Gasteiger partial charge in [-0.3, -0.25) is 28.8 Å². The first-order chi connectivity index (χ1) is 26.6. The lowest BCUT2D eigenvalue weighted by molar-refractivity contribution is -0.146. The number of carbonyl (C=O) groups excluding carboxylic acids is 6. The first-order valence-electron chi connectivity index (χ1n) is 20.0. The van der Waals surface area contributed by atoms with Crippen molar-refractivity contribution in [2.45, 2.75) is 135 Å². The Morgan fingerprint density at radius 2 is 1.38 bits per heavy atom. The van der Waals surface area contributed by atoms with Crippen LogP contribution in [0.1, 0.15) is 92.1 Å². The maximum atomic E-state index is 14.1. The average Bonchev–Trinajstić information content (AvgIpc) is 3.90. The summed E-state index contributed by atoms with van der Waals surface area (Å²) in [5.74, 6) is -5.47. The van der Waals surface area contributed by atoms with Crippen molar-refractivity contribution in [1.29, 1.82) is 0 Å². The summed E-state index contributed by atoms with van der Waals surface area (Å²) in [6.45, 7) is 11.1. The number of carboxylic acids is 1. The summed E-state index contributed by atoms with van der Waals surface area (Å²) in [6.07, 6.45) is 3.58. The van der Waals surface area contributed by atoms with Crippen LogP contribution in [0, 0.1) is 17.8 Å². The molecule has 9 atom stereocenters. The highest BCUT2D eigenvalue weighted by Gasteiger charge is 2.40. The van der Waals surface area contributed by atoms with E-state index in [-0.39, 0.29) is 43.0 Å². The molecule has 2 saturated heterocycles. The normalized spacial score (nSPS) is 20.5. The van der Waals surface area contributed by atoms with Gasteiger partial charge in [-0.15, -0.1) is 0 Å². The number of benzene rings is 1. The summed E-state index contributed by atoms with van der Waals surface area (Å²) in [7, 11) is 0. The summed E-state index contributed by atoms with van der Waals surface area (Å²) in [5.41, 5.74) is 0.690. The average molecular weight is 786 g/mol. The molecular formula is C40H63N7O9. The van der Waals surface area contributed by atoms with Gasteiger partial charge >= 0.3 is 5.97 Å². The fourth-order valence-corrected chi connectivity index (χ4v) is 7.05. The second-order valence-electron chi connectivity index (χ2n) is 15.6. The minimum atomic E-state index is -1.48. The number of likely N-dealkylation sites (tertiary alicyclic amines) is 1. The zero-order valence-electron chi connectivity index (χ0n) is 33.6. The number of carbonyl (C=O) groups is 7. The van der Waals surface area contributed by atoms with Gasteiger partial charge in [0.2, 0.25) is 35.4 Å². The van der Waals surface area contributed by atoms with E-state index in [0.29, 0.717) is 44.2 Å². The Morgan fingerprint density at radius 1 is 0.750 bits per heavy atom. The van der Waals surface area contributed by atoms with Gasteiger partial charge in [0.25, 0.3) is 0 Å². The van der Waals surface area contributed by atoms with E-state index in [4.69, 9.17) is 0 Å². The van der Waals surface area contributed by atoms with Crippen LogP contribution < -0.4 is 31.9 Å². The third-order valence-electron chi connectivity index (χ3n) is 10.8. The van der Waals surface area contributed by atoms with Crippen molar-refractivity contribution in [3.63, 3.8) is 0 Å². The van der Waals surface area contributed by atoms with Crippen LogP contribution in [0.15, 0.2) is 30.3 Å². The van der Waals surface area contributed by atoms with E-state index in [1.54, 1.807) is 51.1 Å². The summed E-state index contributed by atoms with van der Waals surface area (Å²) in [4.78, 5) is 94.9. The van der Waals surface area contributed by atoms with Crippen LogP contribution in [0.5, 0.6) is 0 Å². The van der Waals surface area contributed by atoms with Crippen molar-refractivity contribution in [2.75, 3.05) is 19.7 Å². The molecule has 0 spiro atoms. The minimum absolute atomic E-state index is 0.00722. The molecule has 16 nitrogen and oxygen atoms in total. The molecule has 2 aliphatic rings. The van der Waals surface area contributed by atoms with E-state index in [1.807, 2.05) is 20.8 Å². The van der Waals surface area contributed by atoms with Crippen molar-refractivity contribution >= 4 is 41.4 Å². The highest BCUT2D eigenvalue weighted by molar-refractivity contribution is 5.97. The van der Waals surface area contributed by atoms with Gasteiger partial charge in [-0.1, -0.05) is 84.7 Å². The van der Waals surface area contributed by atoms with Crippen LogP contribution in [0.25, 0.3) is 0 Å². The van der Waals surface area contributed by atoms with E-state index in [0.717, 1.165) is 6.42 Å². The SMILES string of the molecule is CCC(C)C(NC(=O)C1CCCN1C(=O)C(CO)NC(=O)C(Cc1ccccc1)NC(=O)C(NC(=O)C(CC(C)C)NC(=O)C1CCCN1)C(C)CC)C(=O)O. The fraction of sp³-hybridized carbons (Fsp3) is 0.675. The molecule has 0 bridgehead atoms. The van der Waals surface area contributed by atoms with Gasteiger partial charge in [0, 0.05) is 13.0 Å². The molecule has 8 N–H and O–H groups in total. The van der Waals surface area contributed by atoms with Crippen LogP contribution in [0.4, 0.5) is 0 Å². The Morgan fingerprint density at radius 3 is 1.95 bits per heavy atom. The Kier molecular flexibility index (Phi) is 18.2. The van der Waals surface area contributed by atoms with Crippen molar-refractivity contribution in [1.82, 2.24) is 36.8 Å². The van der Waals surface area contributed by atoms with Crippen LogP contribution in [0.3, 0.4) is 0 Å². The minimum Gasteiger partial charge on any atom is -0.480 e. The molecule has 16 heteroatoms. The molecule has 2 aliphatic heterocycles.